The van der Waals surface area contributed by atoms with Gasteiger partial charge in [0.1, 0.15) is 0 Å². The molecule has 0 atom stereocenters. The molecule has 0 N–H and O–H groups in total. The van der Waals surface area contributed by atoms with Crippen LogP contribution in [0, 0.1) is 0 Å². The molecule has 24 heavy (non-hydrogen) atoms. The first-order chi connectivity index (χ1) is 10.7. The summed E-state index contributed by atoms with van der Waals surface area (Å²) in [5.41, 5.74) is 0. The van der Waals surface area contributed by atoms with E-state index in [4.69, 9.17) is 0 Å². The highest BCUT2D eigenvalue weighted by Crippen LogP contribution is 2.50. The molecule has 1 aliphatic rings. The third kappa shape index (κ3) is 3.74. The molecule has 0 spiro atoms. The van der Waals surface area contributed by atoms with Gasteiger partial charge in [-0.25, -0.2) is 9.64 Å². The SMILES string of the molecule is FC(F)=C(F)C(F)(F)OC(F)(F)C(F)(F)C(F)(F)N1CCOCC1. The molecule has 3 nitrogen and oxygen atoms in total. The van der Waals surface area contributed by atoms with E-state index in [9.17, 15) is 48.3 Å². The van der Waals surface area contributed by atoms with Gasteiger partial charge in [-0.3, -0.25) is 0 Å². The molecule has 1 fully saturated rings. The summed E-state index contributed by atoms with van der Waals surface area (Å²) in [6.45, 7) is -3.00. The first kappa shape index (κ1) is 20.9. The Labute approximate surface area is 126 Å². The highest BCUT2D eigenvalue weighted by atomic mass is 19.4. The second-order valence-electron chi connectivity index (χ2n) is 4.43. The van der Waals surface area contributed by atoms with Crippen LogP contribution in [-0.2, 0) is 9.47 Å². The summed E-state index contributed by atoms with van der Waals surface area (Å²) < 4.78 is 148. The molecule has 0 unspecified atom stereocenters. The van der Waals surface area contributed by atoms with E-state index in [0.717, 1.165) is 0 Å². The van der Waals surface area contributed by atoms with Crippen molar-refractivity contribution >= 4 is 0 Å². The Hall–Kier alpha value is -1.15. The molecule has 0 bridgehead atoms. The number of alkyl halides is 8. The van der Waals surface area contributed by atoms with E-state index >= 15 is 0 Å². The number of hydrogen-bond acceptors (Lipinski definition) is 3. The third-order valence-corrected chi connectivity index (χ3v) is 2.83. The molecule has 142 valence electrons. The summed E-state index contributed by atoms with van der Waals surface area (Å²) >= 11 is 0. The predicted octanol–water partition coefficient (Wildman–Crippen LogP) is 3.83. The number of rotatable bonds is 6. The van der Waals surface area contributed by atoms with Crippen LogP contribution >= 0.6 is 0 Å². The van der Waals surface area contributed by atoms with Gasteiger partial charge in [-0.15, -0.1) is 0 Å². The largest absolute Gasteiger partial charge is 0.432 e. The first-order valence-corrected chi connectivity index (χ1v) is 5.92. The second kappa shape index (κ2) is 6.63. The van der Waals surface area contributed by atoms with Gasteiger partial charge in [-0.05, 0) is 0 Å². The van der Waals surface area contributed by atoms with Gasteiger partial charge in [0.15, 0.2) is 0 Å². The van der Waals surface area contributed by atoms with Crippen molar-refractivity contribution in [3.05, 3.63) is 11.9 Å². The van der Waals surface area contributed by atoms with Crippen molar-refractivity contribution in [2.45, 2.75) is 24.2 Å². The fourth-order valence-corrected chi connectivity index (χ4v) is 1.60. The minimum atomic E-state index is -6.69. The van der Waals surface area contributed by atoms with Crippen molar-refractivity contribution in [1.29, 1.82) is 0 Å². The van der Waals surface area contributed by atoms with Crippen molar-refractivity contribution in [1.82, 2.24) is 4.90 Å². The lowest BCUT2D eigenvalue weighted by atomic mass is 10.2. The molecule has 0 aromatic rings. The van der Waals surface area contributed by atoms with Crippen LogP contribution in [0.15, 0.2) is 11.9 Å². The first-order valence-electron chi connectivity index (χ1n) is 5.92. The smallest absolute Gasteiger partial charge is 0.379 e. The lowest BCUT2D eigenvalue weighted by molar-refractivity contribution is -0.467. The van der Waals surface area contributed by atoms with Gasteiger partial charge in [0.2, 0.25) is 0 Å². The van der Waals surface area contributed by atoms with Gasteiger partial charge in [-0.1, -0.05) is 0 Å². The third-order valence-electron chi connectivity index (χ3n) is 2.83. The minimum Gasteiger partial charge on any atom is -0.379 e. The molecule has 0 aromatic heterocycles. The van der Waals surface area contributed by atoms with Crippen LogP contribution in [0.4, 0.5) is 48.3 Å². The zero-order valence-corrected chi connectivity index (χ0v) is 11.2. The summed E-state index contributed by atoms with van der Waals surface area (Å²) in [7, 11) is 0. The molecule has 14 heteroatoms. The fraction of sp³-hybridized carbons (Fsp3) is 0.800. The van der Waals surface area contributed by atoms with Gasteiger partial charge in [0.25, 0.3) is 5.83 Å². The summed E-state index contributed by atoms with van der Waals surface area (Å²) in [6.07, 6.45) is -16.8. The predicted molar refractivity (Wildman–Crippen MR) is 53.6 cm³/mol. The van der Waals surface area contributed by atoms with Crippen LogP contribution in [0.5, 0.6) is 0 Å². The number of hydrogen-bond donors (Lipinski definition) is 0. The van der Waals surface area contributed by atoms with Crippen LogP contribution in [-0.4, -0.2) is 55.4 Å². The van der Waals surface area contributed by atoms with E-state index in [0.29, 0.717) is 0 Å². The van der Waals surface area contributed by atoms with Crippen molar-refractivity contribution in [3.63, 3.8) is 0 Å². The maximum atomic E-state index is 13.6. The van der Waals surface area contributed by atoms with E-state index in [-0.39, 0.29) is 0 Å². The fourth-order valence-electron chi connectivity index (χ4n) is 1.60. The average molecular weight is 383 g/mol. The molecule has 1 rings (SSSR count). The molecule has 1 aliphatic heterocycles. The van der Waals surface area contributed by atoms with Crippen LogP contribution in [0.2, 0.25) is 0 Å². The molecule has 0 saturated carbocycles. The van der Waals surface area contributed by atoms with Crippen LogP contribution in [0.25, 0.3) is 0 Å². The van der Waals surface area contributed by atoms with Crippen molar-refractivity contribution < 1.29 is 57.8 Å². The van der Waals surface area contributed by atoms with E-state index in [1.54, 1.807) is 0 Å². The average Bonchev–Trinajstić information content (AvgIpc) is 2.45. The van der Waals surface area contributed by atoms with Crippen molar-refractivity contribution in [3.8, 4) is 0 Å². The minimum absolute atomic E-state index is 0.492. The molecule has 1 saturated heterocycles. The van der Waals surface area contributed by atoms with E-state index < -0.39 is 67.3 Å². The van der Waals surface area contributed by atoms with E-state index in [1.165, 1.54) is 0 Å². The molecule has 0 amide bonds. The molecule has 0 aliphatic carbocycles. The van der Waals surface area contributed by atoms with E-state index in [2.05, 4.69) is 4.74 Å². The van der Waals surface area contributed by atoms with Crippen molar-refractivity contribution in [2.24, 2.45) is 0 Å². The zero-order valence-electron chi connectivity index (χ0n) is 11.2. The molecular weight excluding hydrogens is 375 g/mol. The summed E-state index contributed by atoms with van der Waals surface area (Å²) in [5.74, 6) is -10.5. The topological polar surface area (TPSA) is 21.7 Å². The van der Waals surface area contributed by atoms with E-state index in [1.807, 2.05) is 4.74 Å². The molecule has 1 heterocycles. The van der Waals surface area contributed by atoms with Crippen LogP contribution in [0.3, 0.4) is 0 Å². The van der Waals surface area contributed by atoms with Crippen LogP contribution < -0.4 is 0 Å². The maximum Gasteiger partial charge on any atom is 0.432 e. The molecular formula is C10H8F11NO2. The van der Waals surface area contributed by atoms with Gasteiger partial charge >= 0.3 is 30.3 Å². The maximum absolute atomic E-state index is 13.6. The Bertz CT molecular complexity index is 483. The Morgan fingerprint density at radius 2 is 1.29 bits per heavy atom. The number of nitrogens with zero attached hydrogens (tertiary/aromatic N) is 1. The van der Waals surface area contributed by atoms with Gasteiger partial charge in [0.05, 0.1) is 13.2 Å². The van der Waals surface area contributed by atoms with Crippen molar-refractivity contribution in [2.75, 3.05) is 26.3 Å². The van der Waals surface area contributed by atoms with Gasteiger partial charge < -0.3 is 4.74 Å². The van der Waals surface area contributed by atoms with Crippen LogP contribution in [0.1, 0.15) is 0 Å². The number of ether oxygens (including phenoxy) is 2. The number of morpholine rings is 1. The Kier molecular flexibility index (Phi) is 5.77. The summed E-state index contributed by atoms with van der Waals surface area (Å²) in [4.78, 5) is -0.492. The quantitative estimate of drug-likeness (QED) is 0.514. The highest BCUT2D eigenvalue weighted by Gasteiger charge is 2.77. The highest BCUT2D eigenvalue weighted by molar-refractivity contribution is 5.02. The number of halogens is 11. The summed E-state index contributed by atoms with van der Waals surface area (Å²) in [5, 5.41) is 0. The second-order valence-corrected chi connectivity index (χ2v) is 4.43. The Morgan fingerprint density at radius 3 is 1.71 bits per heavy atom. The Balaban J connectivity index is 3.11. The molecule has 0 radical (unpaired) electrons. The van der Waals surface area contributed by atoms with Gasteiger partial charge in [0, 0.05) is 13.1 Å². The normalized spacial score (nSPS) is 18.6. The monoisotopic (exact) mass is 383 g/mol. The summed E-state index contributed by atoms with van der Waals surface area (Å²) in [6, 6.07) is -5.72. The zero-order chi connectivity index (χ0) is 19.0. The standard InChI is InChI=1S/C10H8F11NO2/c11-5(6(12)13)7(14,15)24-10(20,21)8(16,17)9(18,19)22-1-3-23-4-2-22/h1-4H2. The lowest BCUT2D eigenvalue weighted by Gasteiger charge is -2.40. The van der Waals surface area contributed by atoms with Gasteiger partial charge in [-0.2, -0.15) is 48.3 Å². The lowest BCUT2D eigenvalue weighted by Crippen LogP contribution is -2.65. The molecule has 0 aromatic carbocycles. The Morgan fingerprint density at radius 1 is 0.833 bits per heavy atom.